The van der Waals surface area contributed by atoms with E-state index in [0.29, 0.717) is 19.6 Å². The lowest BCUT2D eigenvalue weighted by molar-refractivity contribution is -0.131. The lowest BCUT2D eigenvalue weighted by Gasteiger charge is -2.20. The molecule has 0 unspecified atom stereocenters. The van der Waals surface area contributed by atoms with Gasteiger partial charge in [0.25, 0.3) is 0 Å². The number of carbonyl (C=O) groups excluding carboxylic acids is 1. The average Bonchev–Trinajstić information content (AvgIpc) is 2.56. The molecule has 0 N–H and O–H groups in total. The minimum Gasteiger partial charge on any atom is -0.492 e. The summed E-state index contributed by atoms with van der Waals surface area (Å²) in [6.45, 7) is 2.17. The van der Waals surface area contributed by atoms with Crippen molar-refractivity contribution in [1.82, 2.24) is 4.90 Å². The van der Waals surface area contributed by atoms with E-state index in [0.717, 1.165) is 25.1 Å². The van der Waals surface area contributed by atoms with Crippen LogP contribution in [0.5, 0.6) is 5.75 Å². The van der Waals surface area contributed by atoms with Crippen molar-refractivity contribution in [2.75, 3.05) is 19.7 Å². The summed E-state index contributed by atoms with van der Waals surface area (Å²) in [6, 6.07) is 9.73. The molecule has 0 radical (unpaired) electrons. The van der Waals surface area contributed by atoms with E-state index in [1.54, 1.807) is 0 Å². The van der Waals surface area contributed by atoms with E-state index < -0.39 is 0 Å². The van der Waals surface area contributed by atoms with Gasteiger partial charge in [0.1, 0.15) is 12.4 Å². The number of rotatable bonds is 4. The number of hydrogen-bond acceptors (Lipinski definition) is 2. The summed E-state index contributed by atoms with van der Waals surface area (Å²) in [5.74, 6) is 1.15. The third-order valence-corrected chi connectivity index (χ3v) is 3.04. The fourth-order valence-corrected chi connectivity index (χ4v) is 2.07. The third kappa shape index (κ3) is 3.77. The monoisotopic (exact) mass is 233 g/mol. The van der Waals surface area contributed by atoms with Gasteiger partial charge in [-0.1, -0.05) is 24.6 Å². The Balaban J connectivity index is 1.75. The number of carbonyl (C=O) groups is 1. The normalized spacial score (nSPS) is 16.7. The molecule has 1 heterocycles. The van der Waals surface area contributed by atoms with Crippen LogP contribution >= 0.6 is 0 Å². The number of amides is 1. The van der Waals surface area contributed by atoms with E-state index in [1.807, 2.05) is 35.2 Å². The zero-order valence-electron chi connectivity index (χ0n) is 10.1. The molecule has 0 atom stereocenters. The highest BCUT2D eigenvalue weighted by Gasteiger charge is 2.15. The van der Waals surface area contributed by atoms with Gasteiger partial charge in [-0.3, -0.25) is 4.79 Å². The Labute approximate surface area is 102 Å². The fourth-order valence-electron chi connectivity index (χ4n) is 2.07. The molecule has 1 aromatic rings. The number of nitrogens with zero attached hydrogens (tertiary/aromatic N) is 1. The molecule has 1 saturated heterocycles. The molecule has 1 amide bonds. The molecule has 0 aromatic heterocycles. The molecule has 0 saturated carbocycles. The van der Waals surface area contributed by atoms with Gasteiger partial charge >= 0.3 is 0 Å². The molecule has 2 rings (SSSR count). The van der Waals surface area contributed by atoms with Gasteiger partial charge in [-0.05, 0) is 25.0 Å². The Morgan fingerprint density at radius 2 is 1.94 bits per heavy atom. The smallest absolute Gasteiger partial charge is 0.222 e. The molecule has 17 heavy (non-hydrogen) atoms. The first-order chi connectivity index (χ1) is 8.36. The van der Waals surface area contributed by atoms with Crippen LogP contribution in [0.4, 0.5) is 0 Å². The highest BCUT2D eigenvalue weighted by molar-refractivity contribution is 5.76. The Morgan fingerprint density at radius 3 is 2.76 bits per heavy atom. The van der Waals surface area contributed by atoms with E-state index in [-0.39, 0.29) is 5.91 Å². The molecule has 0 aliphatic carbocycles. The predicted octanol–water partition coefficient (Wildman–Crippen LogP) is 2.47. The fraction of sp³-hybridized carbons (Fsp3) is 0.500. The minimum absolute atomic E-state index is 0.277. The average molecular weight is 233 g/mol. The Hall–Kier alpha value is -1.51. The summed E-state index contributed by atoms with van der Waals surface area (Å²) in [4.78, 5) is 13.7. The molecule has 1 aliphatic heterocycles. The second-order valence-corrected chi connectivity index (χ2v) is 4.35. The van der Waals surface area contributed by atoms with E-state index in [1.165, 1.54) is 6.42 Å². The Kier molecular flexibility index (Phi) is 4.42. The van der Waals surface area contributed by atoms with Gasteiger partial charge in [0.2, 0.25) is 5.91 Å². The third-order valence-electron chi connectivity index (χ3n) is 3.04. The van der Waals surface area contributed by atoms with Crippen molar-refractivity contribution in [1.29, 1.82) is 0 Å². The molecule has 0 bridgehead atoms. The van der Waals surface area contributed by atoms with E-state index in [2.05, 4.69) is 0 Å². The van der Waals surface area contributed by atoms with Gasteiger partial charge in [0.05, 0.1) is 6.54 Å². The van der Waals surface area contributed by atoms with Crippen LogP contribution in [0.15, 0.2) is 30.3 Å². The van der Waals surface area contributed by atoms with Gasteiger partial charge in [-0.15, -0.1) is 0 Å². The van der Waals surface area contributed by atoms with E-state index in [4.69, 9.17) is 4.74 Å². The maximum absolute atomic E-state index is 11.7. The van der Waals surface area contributed by atoms with E-state index in [9.17, 15) is 4.79 Å². The summed E-state index contributed by atoms with van der Waals surface area (Å²) in [5, 5.41) is 0. The van der Waals surface area contributed by atoms with Crippen molar-refractivity contribution in [3.05, 3.63) is 30.3 Å². The Morgan fingerprint density at radius 1 is 1.12 bits per heavy atom. The first kappa shape index (κ1) is 12.0. The quantitative estimate of drug-likeness (QED) is 0.799. The second kappa shape index (κ2) is 6.28. The molecular weight excluding hydrogens is 214 g/mol. The predicted molar refractivity (Wildman–Crippen MR) is 67.0 cm³/mol. The highest BCUT2D eigenvalue weighted by Crippen LogP contribution is 2.12. The number of likely N-dealkylation sites (tertiary alicyclic amines) is 1. The summed E-state index contributed by atoms with van der Waals surface area (Å²) in [5.41, 5.74) is 0. The molecule has 92 valence electrons. The van der Waals surface area contributed by atoms with Crippen LogP contribution in [0.3, 0.4) is 0 Å². The number of hydrogen-bond donors (Lipinski definition) is 0. The maximum atomic E-state index is 11.7. The standard InChI is InChI=1S/C14H19NO2/c16-14-9-5-2-6-10-15(14)11-12-17-13-7-3-1-4-8-13/h1,3-4,7-8H,2,5-6,9-12H2. The van der Waals surface area contributed by atoms with Gasteiger partial charge in [-0.2, -0.15) is 0 Å². The first-order valence-electron chi connectivity index (χ1n) is 6.32. The number of ether oxygens (including phenoxy) is 1. The maximum Gasteiger partial charge on any atom is 0.222 e. The molecule has 1 aromatic carbocycles. The lowest BCUT2D eigenvalue weighted by Crippen LogP contribution is -2.34. The highest BCUT2D eigenvalue weighted by atomic mass is 16.5. The van der Waals surface area contributed by atoms with Crippen LogP contribution in [0.1, 0.15) is 25.7 Å². The van der Waals surface area contributed by atoms with Crippen molar-refractivity contribution >= 4 is 5.91 Å². The SMILES string of the molecule is O=C1CCCCCN1CCOc1ccccc1. The van der Waals surface area contributed by atoms with Crippen molar-refractivity contribution < 1.29 is 9.53 Å². The van der Waals surface area contributed by atoms with Crippen molar-refractivity contribution in [2.24, 2.45) is 0 Å². The summed E-state index contributed by atoms with van der Waals surface area (Å²) < 4.78 is 5.60. The van der Waals surface area contributed by atoms with Gasteiger partial charge in [0.15, 0.2) is 0 Å². The second-order valence-electron chi connectivity index (χ2n) is 4.35. The van der Waals surface area contributed by atoms with Crippen LogP contribution in [-0.2, 0) is 4.79 Å². The Bertz CT molecular complexity index is 350. The first-order valence-corrected chi connectivity index (χ1v) is 6.32. The molecule has 1 fully saturated rings. The van der Waals surface area contributed by atoms with Crippen LogP contribution < -0.4 is 4.74 Å². The molecular formula is C14H19NO2. The minimum atomic E-state index is 0.277. The van der Waals surface area contributed by atoms with Crippen LogP contribution in [0.25, 0.3) is 0 Å². The zero-order chi connectivity index (χ0) is 11.9. The summed E-state index contributed by atoms with van der Waals surface area (Å²) in [7, 11) is 0. The van der Waals surface area contributed by atoms with Crippen molar-refractivity contribution in [3.63, 3.8) is 0 Å². The van der Waals surface area contributed by atoms with Gasteiger partial charge in [-0.25, -0.2) is 0 Å². The lowest BCUT2D eigenvalue weighted by atomic mass is 10.2. The van der Waals surface area contributed by atoms with Crippen LogP contribution in [-0.4, -0.2) is 30.5 Å². The molecule has 1 aliphatic rings. The molecule has 0 spiro atoms. The summed E-state index contributed by atoms with van der Waals surface area (Å²) in [6.07, 6.45) is 4.03. The zero-order valence-corrected chi connectivity index (χ0v) is 10.1. The topological polar surface area (TPSA) is 29.5 Å². The van der Waals surface area contributed by atoms with Crippen molar-refractivity contribution in [2.45, 2.75) is 25.7 Å². The number of para-hydroxylation sites is 1. The largest absolute Gasteiger partial charge is 0.492 e. The van der Waals surface area contributed by atoms with E-state index >= 15 is 0 Å². The van der Waals surface area contributed by atoms with Gasteiger partial charge < -0.3 is 9.64 Å². The molecule has 3 nitrogen and oxygen atoms in total. The number of benzene rings is 1. The van der Waals surface area contributed by atoms with Crippen LogP contribution in [0.2, 0.25) is 0 Å². The van der Waals surface area contributed by atoms with Crippen molar-refractivity contribution in [3.8, 4) is 5.75 Å². The van der Waals surface area contributed by atoms with Crippen LogP contribution in [0, 0.1) is 0 Å². The molecule has 3 heteroatoms. The van der Waals surface area contributed by atoms with Gasteiger partial charge in [0, 0.05) is 13.0 Å². The summed E-state index contributed by atoms with van der Waals surface area (Å²) >= 11 is 0.